The lowest BCUT2D eigenvalue weighted by Crippen LogP contribution is -2.33. The Morgan fingerprint density at radius 3 is 2.53 bits per heavy atom. The minimum absolute atomic E-state index is 0.0223. The lowest BCUT2D eigenvalue weighted by Gasteiger charge is -2.27. The Hall–Kier alpha value is -2.17. The van der Waals surface area contributed by atoms with E-state index in [1.54, 1.807) is 12.1 Å². The number of benzene rings is 1. The number of hydrogen-bond donors (Lipinski definition) is 1. The number of carbonyl (C=O) groups is 1. The summed E-state index contributed by atoms with van der Waals surface area (Å²) in [5.41, 5.74) is 4.15. The van der Waals surface area contributed by atoms with Gasteiger partial charge in [0.2, 0.25) is 0 Å². The molecule has 0 spiro atoms. The fraction of sp³-hybridized carbons (Fsp3) is 0.630. The van der Waals surface area contributed by atoms with Gasteiger partial charge in [0, 0.05) is 23.2 Å². The van der Waals surface area contributed by atoms with Gasteiger partial charge < -0.3 is 5.32 Å². The molecule has 3 aliphatic rings. The Labute approximate surface area is 191 Å². The monoisotopic (exact) mass is 437 g/mol. The van der Waals surface area contributed by atoms with Crippen LogP contribution in [0.3, 0.4) is 0 Å². The van der Waals surface area contributed by atoms with Crippen molar-refractivity contribution < 1.29 is 9.18 Å². The maximum atomic E-state index is 13.9. The molecule has 0 radical (unpaired) electrons. The number of halogens is 1. The second-order valence-electron chi connectivity index (χ2n) is 10.2. The third-order valence-electron chi connectivity index (χ3n) is 7.86. The van der Waals surface area contributed by atoms with Crippen molar-refractivity contribution in [2.45, 2.75) is 108 Å². The smallest absolute Gasteiger partial charge is 0.272 e. The van der Waals surface area contributed by atoms with Gasteiger partial charge in [-0.15, -0.1) is 0 Å². The highest BCUT2D eigenvalue weighted by molar-refractivity contribution is 5.94. The second kappa shape index (κ2) is 9.76. The third kappa shape index (κ3) is 4.62. The summed E-state index contributed by atoms with van der Waals surface area (Å²) in [6.07, 6.45) is 15.7. The molecule has 1 aromatic carbocycles. The van der Waals surface area contributed by atoms with E-state index in [-0.39, 0.29) is 17.6 Å². The summed E-state index contributed by atoms with van der Waals surface area (Å²) in [4.78, 5) is 13.4. The first kappa shape index (κ1) is 21.7. The van der Waals surface area contributed by atoms with Gasteiger partial charge in [-0.05, 0) is 69.1 Å². The molecule has 1 N–H and O–H groups in total. The molecule has 3 aliphatic carbocycles. The van der Waals surface area contributed by atoms with E-state index in [0.29, 0.717) is 17.8 Å². The molecular formula is C27H36FN3O. The lowest BCUT2D eigenvalue weighted by atomic mass is 9.89. The van der Waals surface area contributed by atoms with Crippen LogP contribution in [0.4, 0.5) is 4.39 Å². The minimum Gasteiger partial charge on any atom is -0.348 e. The maximum absolute atomic E-state index is 13.9. The molecule has 4 nitrogen and oxygen atoms in total. The van der Waals surface area contributed by atoms with E-state index in [0.717, 1.165) is 63.4 Å². The molecule has 1 aromatic heterocycles. The highest BCUT2D eigenvalue weighted by atomic mass is 19.1. The summed E-state index contributed by atoms with van der Waals surface area (Å²) < 4.78 is 16.2. The predicted octanol–water partition coefficient (Wildman–Crippen LogP) is 6.25. The van der Waals surface area contributed by atoms with Crippen LogP contribution in [0.25, 0.3) is 0 Å². The molecule has 1 atom stereocenters. The second-order valence-corrected chi connectivity index (χ2v) is 10.2. The normalized spacial score (nSPS) is 22.5. The van der Waals surface area contributed by atoms with Crippen molar-refractivity contribution in [3.05, 3.63) is 52.6 Å². The molecule has 0 bridgehead atoms. The summed E-state index contributed by atoms with van der Waals surface area (Å²) in [5.74, 6) is 0.139. The van der Waals surface area contributed by atoms with Crippen molar-refractivity contribution in [1.29, 1.82) is 0 Å². The molecule has 1 unspecified atom stereocenters. The van der Waals surface area contributed by atoms with Crippen LogP contribution in [-0.2, 0) is 12.8 Å². The maximum Gasteiger partial charge on any atom is 0.272 e. The van der Waals surface area contributed by atoms with Crippen molar-refractivity contribution in [3.8, 4) is 0 Å². The molecule has 2 aromatic rings. The molecular weight excluding hydrogens is 401 g/mol. The van der Waals surface area contributed by atoms with E-state index in [1.807, 2.05) is 6.07 Å². The summed E-state index contributed by atoms with van der Waals surface area (Å²) in [6.45, 7) is 0. The molecule has 32 heavy (non-hydrogen) atoms. The molecule has 172 valence electrons. The zero-order valence-electron chi connectivity index (χ0n) is 19.1. The van der Waals surface area contributed by atoms with Gasteiger partial charge in [0.05, 0.1) is 6.04 Å². The SMILES string of the molecule is O=C(NC1CCCC1)c1nn(C2CCCCC2)c2c1CCCCC2Cc1cccc(F)c1. The highest BCUT2D eigenvalue weighted by Crippen LogP contribution is 2.39. The zero-order valence-corrected chi connectivity index (χ0v) is 19.1. The molecule has 1 heterocycles. The number of carbonyl (C=O) groups excluding carboxylic acids is 1. The van der Waals surface area contributed by atoms with Crippen molar-refractivity contribution in [2.24, 2.45) is 0 Å². The van der Waals surface area contributed by atoms with E-state index in [9.17, 15) is 9.18 Å². The van der Waals surface area contributed by atoms with Gasteiger partial charge in [0.1, 0.15) is 5.82 Å². The first-order valence-corrected chi connectivity index (χ1v) is 12.9. The van der Waals surface area contributed by atoms with Gasteiger partial charge in [-0.1, -0.05) is 50.7 Å². The van der Waals surface area contributed by atoms with Crippen LogP contribution in [0, 0.1) is 5.82 Å². The molecule has 1 amide bonds. The van der Waals surface area contributed by atoms with Crippen molar-refractivity contribution in [2.75, 3.05) is 0 Å². The Kier molecular flexibility index (Phi) is 6.61. The van der Waals surface area contributed by atoms with E-state index >= 15 is 0 Å². The molecule has 2 saturated carbocycles. The van der Waals surface area contributed by atoms with Gasteiger partial charge in [-0.25, -0.2) is 4.39 Å². The Morgan fingerprint density at radius 2 is 1.75 bits per heavy atom. The third-order valence-corrected chi connectivity index (χ3v) is 7.86. The minimum atomic E-state index is -0.172. The van der Waals surface area contributed by atoms with Crippen molar-refractivity contribution in [3.63, 3.8) is 0 Å². The van der Waals surface area contributed by atoms with Gasteiger partial charge in [0.15, 0.2) is 5.69 Å². The van der Waals surface area contributed by atoms with E-state index < -0.39 is 0 Å². The molecule has 0 aliphatic heterocycles. The summed E-state index contributed by atoms with van der Waals surface area (Å²) >= 11 is 0. The van der Waals surface area contributed by atoms with Gasteiger partial charge in [-0.3, -0.25) is 9.48 Å². The first-order chi connectivity index (χ1) is 15.7. The fourth-order valence-corrected chi connectivity index (χ4v) is 6.25. The Morgan fingerprint density at radius 1 is 1.00 bits per heavy atom. The van der Waals surface area contributed by atoms with E-state index in [1.165, 1.54) is 49.4 Å². The van der Waals surface area contributed by atoms with Gasteiger partial charge >= 0.3 is 0 Å². The number of nitrogens with one attached hydrogen (secondary N) is 1. The van der Waals surface area contributed by atoms with Crippen molar-refractivity contribution >= 4 is 5.91 Å². The lowest BCUT2D eigenvalue weighted by molar-refractivity contribution is 0.0930. The van der Waals surface area contributed by atoms with Crippen molar-refractivity contribution in [1.82, 2.24) is 15.1 Å². The molecule has 5 rings (SSSR count). The van der Waals surface area contributed by atoms with Crippen LogP contribution in [-0.4, -0.2) is 21.7 Å². The quantitative estimate of drug-likeness (QED) is 0.562. The Balaban J connectivity index is 1.51. The number of nitrogens with zero attached hydrogens (tertiary/aromatic N) is 2. The van der Waals surface area contributed by atoms with Crippen LogP contribution < -0.4 is 5.32 Å². The average molecular weight is 438 g/mol. The number of aromatic nitrogens is 2. The molecule has 0 saturated heterocycles. The highest BCUT2D eigenvalue weighted by Gasteiger charge is 2.33. The van der Waals surface area contributed by atoms with E-state index in [4.69, 9.17) is 5.10 Å². The summed E-state index contributed by atoms with van der Waals surface area (Å²) in [7, 11) is 0. The average Bonchev–Trinajstić information content (AvgIpc) is 3.40. The number of amides is 1. The van der Waals surface area contributed by atoms with Crippen LogP contribution in [0.5, 0.6) is 0 Å². The number of hydrogen-bond acceptors (Lipinski definition) is 2. The van der Waals surface area contributed by atoms with E-state index in [2.05, 4.69) is 10.00 Å². The molecule has 5 heteroatoms. The van der Waals surface area contributed by atoms with Gasteiger partial charge in [-0.2, -0.15) is 5.10 Å². The number of fused-ring (bicyclic) bond motifs is 1. The predicted molar refractivity (Wildman–Crippen MR) is 124 cm³/mol. The standard InChI is InChI=1S/C27H36FN3O/c28-21-11-8-9-19(18-21)17-20-10-4-7-16-24-25(27(32)29-22-12-5-6-13-22)30-31(26(20)24)23-14-2-1-3-15-23/h8-9,11,18,20,22-23H,1-7,10,12-17H2,(H,29,32). The topological polar surface area (TPSA) is 46.9 Å². The first-order valence-electron chi connectivity index (χ1n) is 12.9. The van der Waals surface area contributed by atoms with Crippen LogP contribution in [0.2, 0.25) is 0 Å². The van der Waals surface area contributed by atoms with Crippen LogP contribution >= 0.6 is 0 Å². The summed E-state index contributed by atoms with van der Waals surface area (Å²) in [5, 5.41) is 8.33. The van der Waals surface area contributed by atoms with Crippen LogP contribution in [0.1, 0.15) is 116 Å². The Bertz CT molecular complexity index is 940. The largest absolute Gasteiger partial charge is 0.348 e. The zero-order chi connectivity index (χ0) is 21.9. The van der Waals surface area contributed by atoms with Gasteiger partial charge in [0.25, 0.3) is 5.91 Å². The fourth-order valence-electron chi connectivity index (χ4n) is 6.25. The number of rotatable bonds is 5. The molecule has 2 fully saturated rings. The van der Waals surface area contributed by atoms with Crippen LogP contribution in [0.15, 0.2) is 24.3 Å². The summed E-state index contributed by atoms with van der Waals surface area (Å²) in [6, 6.07) is 7.70.